The molecule has 3 aromatic rings. The monoisotopic (exact) mass is 439 g/mol. The summed E-state index contributed by atoms with van der Waals surface area (Å²) in [6, 6.07) is 25.5. The predicted octanol–water partition coefficient (Wildman–Crippen LogP) is 4.96. The zero-order valence-corrected chi connectivity index (χ0v) is 18.7. The fraction of sp³-hybridized carbons (Fsp3) is 0.261. The van der Waals surface area contributed by atoms with Crippen LogP contribution < -0.4 is 10.4 Å². The molecule has 1 heterocycles. The van der Waals surface area contributed by atoms with Crippen molar-refractivity contribution >= 4 is 34.6 Å². The molecule has 140 valence electrons. The van der Waals surface area contributed by atoms with Crippen molar-refractivity contribution in [1.82, 2.24) is 4.98 Å². The van der Waals surface area contributed by atoms with Gasteiger partial charge in [0.05, 0.1) is 5.69 Å². The summed E-state index contributed by atoms with van der Waals surface area (Å²) in [5, 5.41) is 2.62. The third kappa shape index (κ3) is 4.23. The molecule has 0 radical (unpaired) electrons. The van der Waals surface area contributed by atoms with Gasteiger partial charge in [0, 0.05) is 23.7 Å². The van der Waals surface area contributed by atoms with Crippen molar-refractivity contribution < 1.29 is 4.43 Å². The third-order valence-corrected chi connectivity index (χ3v) is 10.7. The molecule has 0 aliphatic rings. The predicted molar refractivity (Wildman–Crippen MR) is 119 cm³/mol. The first-order valence-corrected chi connectivity index (χ1v) is 12.0. The van der Waals surface area contributed by atoms with Crippen LogP contribution in [0.5, 0.6) is 0 Å². The smallest absolute Gasteiger partial charge is 0.261 e. The van der Waals surface area contributed by atoms with Crippen LogP contribution in [0.2, 0.25) is 5.04 Å². The Morgan fingerprint density at radius 2 is 1.41 bits per heavy atom. The molecule has 1 aromatic heterocycles. The second kappa shape index (κ2) is 8.51. The Morgan fingerprint density at radius 3 is 1.89 bits per heavy atom. The molecule has 0 bridgehead atoms. The summed E-state index contributed by atoms with van der Waals surface area (Å²) in [4.78, 5) is 4.49. The van der Waals surface area contributed by atoms with E-state index in [1.54, 1.807) is 0 Å². The van der Waals surface area contributed by atoms with Crippen LogP contribution in [-0.2, 0) is 10.8 Å². The molecule has 0 fully saturated rings. The Balaban J connectivity index is 2.00. The van der Waals surface area contributed by atoms with Crippen LogP contribution in [0.25, 0.3) is 0 Å². The zero-order valence-electron chi connectivity index (χ0n) is 16.2. The van der Waals surface area contributed by atoms with E-state index in [9.17, 15) is 0 Å². The van der Waals surface area contributed by atoms with Crippen LogP contribution >= 0.6 is 15.9 Å². The van der Waals surface area contributed by atoms with Gasteiger partial charge in [-0.15, -0.1) is 0 Å². The Kier molecular flexibility index (Phi) is 6.30. The number of hydrogen-bond donors (Lipinski definition) is 0. The molecule has 0 amide bonds. The molecule has 0 N–H and O–H groups in total. The van der Waals surface area contributed by atoms with Gasteiger partial charge in [-0.1, -0.05) is 81.4 Å². The lowest BCUT2D eigenvalue weighted by atomic mass is 10.2. The highest BCUT2D eigenvalue weighted by molar-refractivity contribution is 9.10. The van der Waals surface area contributed by atoms with Crippen LogP contribution in [0.1, 0.15) is 26.5 Å². The molecule has 0 unspecified atom stereocenters. The van der Waals surface area contributed by atoms with E-state index in [1.165, 1.54) is 10.4 Å². The van der Waals surface area contributed by atoms with Crippen molar-refractivity contribution in [1.29, 1.82) is 0 Å². The molecule has 27 heavy (non-hydrogen) atoms. The van der Waals surface area contributed by atoms with Gasteiger partial charge in [-0.3, -0.25) is 4.98 Å². The summed E-state index contributed by atoms with van der Waals surface area (Å²) < 4.78 is 7.94. The summed E-state index contributed by atoms with van der Waals surface area (Å²) in [5.41, 5.74) is 1.04. The van der Waals surface area contributed by atoms with Gasteiger partial charge in [-0.2, -0.15) is 0 Å². The van der Waals surface area contributed by atoms with Crippen LogP contribution in [0.4, 0.5) is 0 Å². The van der Waals surface area contributed by atoms with Crippen LogP contribution in [-0.4, -0.2) is 19.9 Å². The highest BCUT2D eigenvalue weighted by Crippen LogP contribution is 2.36. The number of rotatable bonds is 6. The van der Waals surface area contributed by atoms with Gasteiger partial charge in [0.25, 0.3) is 8.32 Å². The maximum absolute atomic E-state index is 6.90. The fourth-order valence-electron chi connectivity index (χ4n) is 3.66. The molecule has 0 atom stereocenters. The minimum Gasteiger partial charge on any atom is -0.407 e. The molecule has 0 aliphatic heterocycles. The Labute approximate surface area is 171 Å². The maximum atomic E-state index is 6.90. The summed E-state index contributed by atoms with van der Waals surface area (Å²) in [6.07, 6.45) is 2.62. The third-order valence-electron chi connectivity index (χ3n) is 4.91. The van der Waals surface area contributed by atoms with Gasteiger partial charge >= 0.3 is 0 Å². The topological polar surface area (TPSA) is 22.1 Å². The number of hydrogen-bond acceptors (Lipinski definition) is 2. The van der Waals surface area contributed by atoms with E-state index in [0.29, 0.717) is 6.61 Å². The molecule has 0 saturated heterocycles. The van der Waals surface area contributed by atoms with Gasteiger partial charge in [0.2, 0.25) is 0 Å². The van der Waals surface area contributed by atoms with Crippen molar-refractivity contribution in [2.24, 2.45) is 0 Å². The minimum absolute atomic E-state index is 0.00292. The van der Waals surface area contributed by atoms with E-state index in [4.69, 9.17) is 4.43 Å². The number of halogens is 1. The minimum atomic E-state index is -2.46. The molecule has 4 heteroatoms. The van der Waals surface area contributed by atoms with E-state index in [1.807, 2.05) is 18.3 Å². The Hall–Kier alpha value is -1.75. The van der Waals surface area contributed by atoms with Gasteiger partial charge in [0.15, 0.2) is 0 Å². The van der Waals surface area contributed by atoms with E-state index in [2.05, 4.69) is 102 Å². The SMILES string of the molecule is CC(C)(C)[Si](OCCc1ncccc1Br)(c1ccccc1)c1ccccc1. The van der Waals surface area contributed by atoms with Gasteiger partial charge < -0.3 is 4.43 Å². The summed E-state index contributed by atoms with van der Waals surface area (Å²) in [5.74, 6) is 0. The molecular weight excluding hydrogens is 414 g/mol. The van der Waals surface area contributed by atoms with Gasteiger partial charge in [-0.25, -0.2) is 0 Å². The molecule has 0 spiro atoms. The highest BCUT2D eigenvalue weighted by atomic mass is 79.9. The normalized spacial score (nSPS) is 12.1. The van der Waals surface area contributed by atoms with Gasteiger partial charge in [-0.05, 0) is 43.5 Å². The van der Waals surface area contributed by atoms with Crippen molar-refractivity contribution in [3.63, 3.8) is 0 Å². The number of benzene rings is 2. The van der Waals surface area contributed by atoms with Crippen molar-refractivity contribution in [2.45, 2.75) is 32.2 Å². The Morgan fingerprint density at radius 1 is 0.852 bits per heavy atom. The summed E-state index contributed by atoms with van der Waals surface area (Å²) in [7, 11) is -2.46. The lowest BCUT2D eigenvalue weighted by Crippen LogP contribution is -2.66. The van der Waals surface area contributed by atoms with Crippen molar-refractivity contribution in [3.05, 3.63) is 89.2 Å². The quantitative estimate of drug-likeness (QED) is 0.506. The zero-order chi connectivity index (χ0) is 19.3. The average Bonchev–Trinajstić information content (AvgIpc) is 2.67. The second-order valence-electron chi connectivity index (χ2n) is 7.69. The second-order valence-corrected chi connectivity index (χ2v) is 12.9. The van der Waals surface area contributed by atoms with E-state index in [0.717, 1.165) is 16.6 Å². The molecular formula is C23H26BrNOSi. The van der Waals surface area contributed by atoms with E-state index in [-0.39, 0.29) is 5.04 Å². The first kappa shape index (κ1) is 20.0. The maximum Gasteiger partial charge on any atom is 0.261 e. The van der Waals surface area contributed by atoms with E-state index < -0.39 is 8.32 Å². The number of pyridine rings is 1. The molecule has 0 saturated carbocycles. The lowest BCUT2D eigenvalue weighted by Gasteiger charge is -2.43. The Bertz CT molecular complexity index is 823. The van der Waals surface area contributed by atoms with Crippen molar-refractivity contribution in [2.75, 3.05) is 6.61 Å². The van der Waals surface area contributed by atoms with Crippen molar-refractivity contribution in [3.8, 4) is 0 Å². The summed E-state index contributed by atoms with van der Waals surface area (Å²) in [6.45, 7) is 7.55. The van der Waals surface area contributed by atoms with E-state index >= 15 is 0 Å². The molecule has 2 nitrogen and oxygen atoms in total. The standard InChI is InChI=1S/C23H26BrNOSi/c1-23(2,3)27(19-11-6-4-7-12-19,20-13-8-5-9-14-20)26-18-16-22-21(24)15-10-17-25-22/h4-15,17H,16,18H2,1-3H3. The van der Waals surface area contributed by atoms with Gasteiger partial charge in [0.1, 0.15) is 0 Å². The molecule has 3 rings (SSSR count). The van der Waals surface area contributed by atoms with Crippen LogP contribution in [0, 0.1) is 0 Å². The summed E-state index contributed by atoms with van der Waals surface area (Å²) >= 11 is 3.60. The van der Waals surface area contributed by atoms with Crippen LogP contribution in [0.15, 0.2) is 83.5 Å². The fourth-order valence-corrected chi connectivity index (χ4v) is 8.68. The average molecular weight is 440 g/mol. The number of nitrogens with zero attached hydrogens (tertiary/aromatic N) is 1. The first-order chi connectivity index (χ1) is 12.9. The lowest BCUT2D eigenvalue weighted by molar-refractivity contribution is 0.300. The largest absolute Gasteiger partial charge is 0.407 e. The first-order valence-electron chi connectivity index (χ1n) is 9.29. The highest BCUT2D eigenvalue weighted by Gasteiger charge is 2.49. The van der Waals surface area contributed by atoms with Crippen LogP contribution in [0.3, 0.4) is 0 Å². The molecule has 0 aliphatic carbocycles. The number of aromatic nitrogens is 1. The molecule has 2 aromatic carbocycles.